The number of halogens is 1. The number of benzene rings is 2. The summed E-state index contributed by atoms with van der Waals surface area (Å²) in [5, 5.41) is 6.72. The van der Waals surface area contributed by atoms with Gasteiger partial charge in [0.25, 0.3) is 0 Å². The smallest absolute Gasteiger partial charge is 0.250 e. The van der Waals surface area contributed by atoms with Gasteiger partial charge >= 0.3 is 0 Å². The molecule has 2 aromatic rings. The van der Waals surface area contributed by atoms with Gasteiger partial charge in [-0.15, -0.1) is 0 Å². The summed E-state index contributed by atoms with van der Waals surface area (Å²) in [5.41, 5.74) is 7.85. The first-order valence-corrected chi connectivity index (χ1v) is 11.6. The summed E-state index contributed by atoms with van der Waals surface area (Å²) < 4.78 is 0. The molecule has 9 heteroatoms. The molecule has 4 N–H and O–H groups in total. The number of imide groups is 1. The zero-order valence-corrected chi connectivity index (χ0v) is 19.6. The van der Waals surface area contributed by atoms with Crippen LogP contribution in [0.5, 0.6) is 0 Å². The number of hydrogen-bond donors (Lipinski definition) is 3. The Hall–Kier alpha value is -3.23. The van der Waals surface area contributed by atoms with Crippen LogP contribution in [-0.4, -0.2) is 34.6 Å². The molecule has 0 bridgehead atoms. The van der Waals surface area contributed by atoms with Crippen molar-refractivity contribution in [1.29, 1.82) is 0 Å². The molecule has 4 amide bonds. The molecule has 0 radical (unpaired) electrons. The number of nitrogens with one attached hydrogen (secondary N) is 2. The lowest BCUT2D eigenvalue weighted by Crippen LogP contribution is -2.53. The van der Waals surface area contributed by atoms with Gasteiger partial charge in [-0.1, -0.05) is 41.9 Å². The maximum absolute atomic E-state index is 13.8. The number of amides is 4. The molecule has 0 saturated carbocycles. The second-order valence-electron chi connectivity index (χ2n) is 9.31. The van der Waals surface area contributed by atoms with E-state index in [1.807, 2.05) is 26.0 Å². The number of carbonyl (C=O) groups excluding carboxylic acids is 4. The molecular formula is C25H25ClN4O4. The van der Waals surface area contributed by atoms with Crippen LogP contribution < -0.4 is 16.4 Å². The molecule has 4 atom stereocenters. The van der Waals surface area contributed by atoms with E-state index in [1.165, 1.54) is 4.90 Å². The number of nitrogens with two attached hydrogens (primary N) is 1. The van der Waals surface area contributed by atoms with Gasteiger partial charge in [-0.05, 0) is 43.0 Å². The Labute approximate surface area is 201 Å². The minimum Gasteiger partial charge on any atom is -0.370 e. The van der Waals surface area contributed by atoms with Crippen LogP contribution in [0.25, 0.3) is 0 Å². The lowest BCUT2D eigenvalue weighted by atomic mass is 9.76. The highest BCUT2D eigenvalue weighted by molar-refractivity contribution is 6.31. The molecule has 2 fully saturated rings. The zero-order valence-electron chi connectivity index (χ0n) is 18.9. The van der Waals surface area contributed by atoms with Crippen LogP contribution in [0, 0.1) is 25.7 Å². The molecule has 3 aliphatic heterocycles. The number of aryl methyl sites for hydroxylation is 1. The first kappa shape index (κ1) is 22.6. The number of anilines is 1. The maximum Gasteiger partial charge on any atom is 0.250 e. The standard InChI is InChI=1S/C25H25ClN4O4/c1-12-7-8-15-21(13(12)2)28-24(34)25(15)20-19(17(29-25)9-10-18(27)31)22(32)30(23(20)33)11-14-5-3-4-6-16(14)26/h3-8,17,19-20,29H,9-11H2,1-2H3,(H2,27,31)(H,28,34)/t17?,19-,20+,25?/m1/s1. The number of fused-ring (bicyclic) bond motifs is 4. The summed E-state index contributed by atoms with van der Waals surface area (Å²) in [6, 6.07) is 10.2. The fourth-order valence-corrected chi connectivity index (χ4v) is 5.87. The van der Waals surface area contributed by atoms with Crippen molar-refractivity contribution < 1.29 is 19.2 Å². The minimum atomic E-state index is -1.40. The summed E-state index contributed by atoms with van der Waals surface area (Å²) in [5.74, 6) is -3.42. The normalized spacial score (nSPS) is 27.3. The van der Waals surface area contributed by atoms with Crippen LogP contribution in [0.4, 0.5) is 5.69 Å². The number of rotatable bonds is 5. The van der Waals surface area contributed by atoms with E-state index in [4.69, 9.17) is 17.3 Å². The van der Waals surface area contributed by atoms with Gasteiger partial charge in [0.15, 0.2) is 0 Å². The highest BCUT2D eigenvalue weighted by Crippen LogP contribution is 2.54. The first-order chi connectivity index (χ1) is 16.2. The van der Waals surface area contributed by atoms with E-state index in [0.29, 0.717) is 21.8 Å². The molecule has 5 rings (SSSR count). The van der Waals surface area contributed by atoms with Crippen molar-refractivity contribution in [2.45, 2.75) is 44.8 Å². The number of nitrogens with zero attached hydrogens (tertiary/aromatic N) is 1. The summed E-state index contributed by atoms with van der Waals surface area (Å²) in [6.07, 6.45) is 0.273. The van der Waals surface area contributed by atoms with Gasteiger partial charge in [0.1, 0.15) is 5.54 Å². The Morgan fingerprint density at radius 1 is 1.12 bits per heavy atom. The second kappa shape index (κ2) is 7.92. The molecule has 3 heterocycles. The SMILES string of the molecule is Cc1ccc2c(c1C)NC(=O)C21NC(CCC(N)=O)[C@H]2C(=O)N(Cc3ccccc3Cl)C(=O)[C@H]21. The number of likely N-dealkylation sites (tertiary alicyclic amines) is 1. The summed E-state index contributed by atoms with van der Waals surface area (Å²) >= 11 is 6.30. The molecule has 0 aliphatic carbocycles. The fraction of sp³-hybridized carbons (Fsp3) is 0.360. The van der Waals surface area contributed by atoms with Crippen molar-refractivity contribution in [2.24, 2.45) is 17.6 Å². The van der Waals surface area contributed by atoms with Crippen LogP contribution in [0.1, 0.15) is 35.1 Å². The molecule has 1 spiro atoms. The Bertz CT molecular complexity index is 1260. The number of hydrogen-bond acceptors (Lipinski definition) is 5. The molecule has 0 aromatic heterocycles. The van der Waals surface area contributed by atoms with Crippen molar-refractivity contribution >= 4 is 40.9 Å². The Balaban J connectivity index is 1.61. The van der Waals surface area contributed by atoms with E-state index in [-0.39, 0.29) is 31.2 Å². The van der Waals surface area contributed by atoms with Gasteiger partial charge in [0, 0.05) is 28.7 Å². The predicted octanol–water partition coefficient (Wildman–Crippen LogP) is 2.14. The van der Waals surface area contributed by atoms with E-state index < -0.39 is 35.2 Å². The summed E-state index contributed by atoms with van der Waals surface area (Å²) in [6.45, 7) is 3.88. The van der Waals surface area contributed by atoms with E-state index >= 15 is 0 Å². The first-order valence-electron chi connectivity index (χ1n) is 11.2. The lowest BCUT2D eigenvalue weighted by Gasteiger charge is -2.29. The van der Waals surface area contributed by atoms with Crippen molar-refractivity contribution in [3.8, 4) is 0 Å². The molecular weight excluding hydrogens is 456 g/mol. The van der Waals surface area contributed by atoms with Crippen molar-refractivity contribution in [3.05, 3.63) is 63.7 Å². The summed E-state index contributed by atoms with van der Waals surface area (Å²) in [4.78, 5) is 53.7. The lowest BCUT2D eigenvalue weighted by molar-refractivity contribution is -0.143. The molecule has 8 nitrogen and oxygen atoms in total. The quantitative estimate of drug-likeness (QED) is 0.566. The van der Waals surface area contributed by atoms with Crippen LogP contribution in [0.15, 0.2) is 36.4 Å². The average molecular weight is 481 g/mol. The summed E-state index contributed by atoms with van der Waals surface area (Å²) in [7, 11) is 0. The Morgan fingerprint density at radius 3 is 2.56 bits per heavy atom. The van der Waals surface area contributed by atoms with E-state index in [0.717, 1.165) is 11.1 Å². The van der Waals surface area contributed by atoms with Gasteiger partial charge in [-0.25, -0.2) is 0 Å². The van der Waals surface area contributed by atoms with Gasteiger partial charge < -0.3 is 11.1 Å². The van der Waals surface area contributed by atoms with E-state index in [9.17, 15) is 19.2 Å². The Morgan fingerprint density at radius 2 is 1.85 bits per heavy atom. The molecule has 2 saturated heterocycles. The predicted molar refractivity (Wildman–Crippen MR) is 126 cm³/mol. The number of primary amides is 1. The Kier molecular flexibility index (Phi) is 5.26. The van der Waals surface area contributed by atoms with Crippen LogP contribution in [-0.2, 0) is 31.3 Å². The van der Waals surface area contributed by atoms with Crippen LogP contribution >= 0.6 is 11.6 Å². The van der Waals surface area contributed by atoms with Crippen LogP contribution in [0.2, 0.25) is 5.02 Å². The zero-order chi connectivity index (χ0) is 24.4. The fourth-order valence-electron chi connectivity index (χ4n) is 5.68. The maximum atomic E-state index is 13.8. The second-order valence-corrected chi connectivity index (χ2v) is 9.71. The van der Waals surface area contributed by atoms with Crippen molar-refractivity contribution in [2.75, 3.05) is 5.32 Å². The van der Waals surface area contributed by atoms with Crippen molar-refractivity contribution in [1.82, 2.24) is 10.2 Å². The van der Waals surface area contributed by atoms with Gasteiger partial charge in [-0.2, -0.15) is 0 Å². The molecule has 2 unspecified atom stereocenters. The van der Waals surface area contributed by atoms with Gasteiger partial charge in [0.05, 0.1) is 18.4 Å². The topological polar surface area (TPSA) is 122 Å². The molecule has 3 aliphatic rings. The third kappa shape index (κ3) is 3.09. The van der Waals surface area contributed by atoms with Crippen molar-refractivity contribution in [3.63, 3.8) is 0 Å². The third-order valence-corrected chi connectivity index (χ3v) is 7.87. The van der Waals surface area contributed by atoms with Crippen LogP contribution in [0.3, 0.4) is 0 Å². The molecule has 2 aromatic carbocycles. The molecule has 176 valence electrons. The largest absolute Gasteiger partial charge is 0.370 e. The highest BCUT2D eigenvalue weighted by atomic mass is 35.5. The minimum absolute atomic E-state index is 0.0182. The monoisotopic (exact) mass is 480 g/mol. The average Bonchev–Trinajstić information content (AvgIpc) is 3.37. The highest BCUT2D eigenvalue weighted by Gasteiger charge is 2.70. The van der Waals surface area contributed by atoms with Gasteiger partial charge in [-0.3, -0.25) is 29.4 Å². The van der Waals surface area contributed by atoms with Gasteiger partial charge in [0.2, 0.25) is 23.6 Å². The molecule has 34 heavy (non-hydrogen) atoms. The van der Waals surface area contributed by atoms with E-state index in [1.54, 1.807) is 24.3 Å². The number of carbonyl (C=O) groups is 4. The third-order valence-electron chi connectivity index (χ3n) is 7.50. The van der Waals surface area contributed by atoms with E-state index in [2.05, 4.69) is 10.6 Å².